The molecule has 0 aliphatic carbocycles. The summed E-state index contributed by atoms with van der Waals surface area (Å²) in [6, 6.07) is 15.5. The molecule has 0 aliphatic rings. The molecule has 2 N–H and O–H groups in total. The van der Waals surface area contributed by atoms with Gasteiger partial charge in [0.2, 0.25) is 0 Å². The number of benzene rings is 3. The fourth-order valence-electron chi connectivity index (χ4n) is 3.25. The van der Waals surface area contributed by atoms with Crippen molar-refractivity contribution in [2.75, 3.05) is 32.2 Å². The van der Waals surface area contributed by atoms with Crippen LogP contribution in [0.4, 0.5) is 5.69 Å². The maximum absolute atomic E-state index is 13.6. The summed E-state index contributed by atoms with van der Waals surface area (Å²) < 4.78 is 43.9. The highest BCUT2D eigenvalue weighted by atomic mass is 32.2. The largest absolute Gasteiger partial charge is 0.504 e. The molecule has 10 nitrogen and oxygen atoms in total. The number of ether oxygens (including phenoxy) is 3. The lowest BCUT2D eigenvalue weighted by atomic mass is 10.2. The van der Waals surface area contributed by atoms with Crippen molar-refractivity contribution < 1.29 is 32.5 Å². The van der Waals surface area contributed by atoms with Gasteiger partial charge in [-0.25, -0.2) is 13.8 Å². The summed E-state index contributed by atoms with van der Waals surface area (Å²) >= 11 is 0. The Morgan fingerprint density at radius 3 is 2.31 bits per heavy atom. The Bertz CT molecular complexity index is 1360. The number of rotatable bonds is 10. The molecule has 190 valence electrons. The molecule has 1 amide bonds. The van der Waals surface area contributed by atoms with E-state index in [9.17, 15) is 18.3 Å². The highest BCUT2D eigenvalue weighted by Crippen LogP contribution is 2.35. The molecule has 0 aliphatic heterocycles. The Labute approximate surface area is 209 Å². The van der Waals surface area contributed by atoms with Crippen LogP contribution in [0.2, 0.25) is 0 Å². The number of hydrazone groups is 1. The average molecular weight is 514 g/mol. The monoisotopic (exact) mass is 513 g/mol. The molecule has 0 fully saturated rings. The van der Waals surface area contributed by atoms with E-state index in [1.807, 2.05) is 6.92 Å². The van der Waals surface area contributed by atoms with Crippen molar-refractivity contribution >= 4 is 27.8 Å². The van der Waals surface area contributed by atoms with E-state index < -0.39 is 22.5 Å². The molecular formula is C25H27N3O7S. The molecule has 3 rings (SSSR count). The summed E-state index contributed by atoms with van der Waals surface area (Å²) in [5.41, 5.74) is 3.89. The standard InChI is InChI=1S/C25H27N3O7S/c1-17-5-9-20(10-6-17)36(31,32)28(21-14-19(33-2)8-12-23(21)34-3)16-25(30)27-26-15-18-7-11-22(29)24(13-18)35-4/h5-15,29H,16H2,1-4H3,(H,27,30)/b26-15-. The number of nitrogens with zero attached hydrogens (tertiary/aromatic N) is 2. The zero-order valence-electron chi connectivity index (χ0n) is 20.3. The second kappa shape index (κ2) is 11.5. The van der Waals surface area contributed by atoms with E-state index in [-0.39, 0.29) is 27.8 Å². The number of carbonyl (C=O) groups is 1. The molecule has 0 saturated heterocycles. The smallest absolute Gasteiger partial charge is 0.264 e. The van der Waals surface area contributed by atoms with Gasteiger partial charge in [0.25, 0.3) is 15.9 Å². The quantitative estimate of drug-likeness (QED) is 0.315. The van der Waals surface area contributed by atoms with Crippen molar-refractivity contribution in [3.63, 3.8) is 0 Å². The third-order valence-electron chi connectivity index (χ3n) is 5.16. The van der Waals surface area contributed by atoms with Crippen molar-refractivity contribution in [1.29, 1.82) is 0 Å². The van der Waals surface area contributed by atoms with Crippen LogP contribution in [0.1, 0.15) is 11.1 Å². The topological polar surface area (TPSA) is 127 Å². The Morgan fingerprint density at radius 2 is 1.67 bits per heavy atom. The zero-order valence-corrected chi connectivity index (χ0v) is 21.1. The molecule has 0 bridgehead atoms. The molecule has 0 heterocycles. The lowest BCUT2D eigenvalue weighted by molar-refractivity contribution is -0.119. The van der Waals surface area contributed by atoms with Gasteiger partial charge in [0, 0.05) is 6.07 Å². The fourth-order valence-corrected chi connectivity index (χ4v) is 4.67. The van der Waals surface area contributed by atoms with Crippen LogP contribution >= 0.6 is 0 Å². The number of carbonyl (C=O) groups excluding carboxylic acids is 1. The number of hydrogen-bond donors (Lipinski definition) is 2. The SMILES string of the molecule is COc1ccc(OC)c(N(CC(=O)N/N=C\c2ccc(O)c(OC)c2)S(=O)(=O)c2ccc(C)cc2)c1. The minimum absolute atomic E-state index is 0.00506. The number of amides is 1. The summed E-state index contributed by atoms with van der Waals surface area (Å²) in [5.74, 6) is 0.125. The van der Waals surface area contributed by atoms with Crippen LogP contribution in [0, 0.1) is 6.92 Å². The average Bonchev–Trinajstić information content (AvgIpc) is 2.88. The number of anilines is 1. The van der Waals surface area contributed by atoms with E-state index in [1.165, 1.54) is 57.9 Å². The number of sulfonamides is 1. The summed E-state index contributed by atoms with van der Waals surface area (Å²) in [5, 5.41) is 13.6. The summed E-state index contributed by atoms with van der Waals surface area (Å²) in [6.07, 6.45) is 1.34. The summed E-state index contributed by atoms with van der Waals surface area (Å²) in [6.45, 7) is 1.25. The number of methoxy groups -OCH3 is 3. The number of aryl methyl sites for hydroxylation is 1. The highest BCUT2D eigenvalue weighted by molar-refractivity contribution is 7.92. The second-order valence-corrected chi connectivity index (χ2v) is 9.45. The number of phenols is 1. The Balaban J connectivity index is 1.93. The van der Waals surface area contributed by atoms with Gasteiger partial charge in [0.05, 0.1) is 38.1 Å². The van der Waals surface area contributed by atoms with Crippen molar-refractivity contribution in [1.82, 2.24) is 5.43 Å². The van der Waals surface area contributed by atoms with Gasteiger partial charge in [-0.05, 0) is 55.0 Å². The van der Waals surface area contributed by atoms with E-state index in [4.69, 9.17) is 14.2 Å². The molecule has 0 atom stereocenters. The first kappa shape index (κ1) is 26.4. The van der Waals surface area contributed by atoms with Gasteiger partial charge in [-0.3, -0.25) is 9.10 Å². The van der Waals surface area contributed by atoms with Crippen LogP contribution in [-0.4, -0.2) is 53.5 Å². The summed E-state index contributed by atoms with van der Waals surface area (Å²) in [4.78, 5) is 12.8. The first-order chi connectivity index (χ1) is 17.2. The maximum atomic E-state index is 13.6. The fraction of sp³-hybridized carbons (Fsp3) is 0.200. The van der Waals surface area contributed by atoms with Crippen molar-refractivity contribution in [3.8, 4) is 23.0 Å². The predicted molar refractivity (Wildman–Crippen MR) is 136 cm³/mol. The van der Waals surface area contributed by atoms with Crippen LogP contribution in [0.25, 0.3) is 0 Å². The molecule has 0 unspecified atom stereocenters. The molecule has 11 heteroatoms. The molecule has 0 saturated carbocycles. The summed E-state index contributed by atoms with van der Waals surface area (Å²) in [7, 11) is 0.0863. The third-order valence-corrected chi connectivity index (χ3v) is 6.93. The van der Waals surface area contributed by atoms with Crippen LogP contribution < -0.4 is 23.9 Å². The predicted octanol–water partition coefficient (Wildman–Crippen LogP) is 3.07. The minimum Gasteiger partial charge on any atom is -0.504 e. The first-order valence-electron chi connectivity index (χ1n) is 10.7. The molecule has 0 spiro atoms. The van der Waals surface area contributed by atoms with Crippen molar-refractivity contribution in [2.45, 2.75) is 11.8 Å². The third kappa shape index (κ3) is 6.05. The molecule has 0 aromatic heterocycles. The zero-order chi connectivity index (χ0) is 26.3. The van der Waals surface area contributed by atoms with Gasteiger partial charge in [-0.2, -0.15) is 5.10 Å². The van der Waals surface area contributed by atoms with Gasteiger partial charge in [-0.15, -0.1) is 0 Å². The van der Waals surface area contributed by atoms with E-state index in [2.05, 4.69) is 10.5 Å². The second-order valence-electron chi connectivity index (χ2n) is 7.59. The Kier molecular flexibility index (Phi) is 8.38. The minimum atomic E-state index is -4.17. The van der Waals surface area contributed by atoms with Crippen LogP contribution in [0.5, 0.6) is 23.0 Å². The van der Waals surface area contributed by atoms with E-state index >= 15 is 0 Å². The van der Waals surface area contributed by atoms with E-state index in [1.54, 1.807) is 30.3 Å². The van der Waals surface area contributed by atoms with Gasteiger partial charge in [0.15, 0.2) is 11.5 Å². The van der Waals surface area contributed by atoms with Crippen molar-refractivity contribution in [3.05, 3.63) is 71.8 Å². The van der Waals surface area contributed by atoms with Crippen molar-refractivity contribution in [2.24, 2.45) is 5.10 Å². The maximum Gasteiger partial charge on any atom is 0.264 e. The molecule has 0 radical (unpaired) electrons. The molecular weight excluding hydrogens is 486 g/mol. The normalized spacial score (nSPS) is 11.2. The highest BCUT2D eigenvalue weighted by Gasteiger charge is 2.30. The number of nitrogens with one attached hydrogen (secondary N) is 1. The lowest BCUT2D eigenvalue weighted by Crippen LogP contribution is -2.39. The molecule has 3 aromatic carbocycles. The van der Waals surface area contributed by atoms with Gasteiger partial charge in [-0.1, -0.05) is 17.7 Å². The van der Waals surface area contributed by atoms with E-state index in [0.717, 1.165) is 9.87 Å². The number of hydrogen-bond acceptors (Lipinski definition) is 8. The van der Waals surface area contributed by atoms with Gasteiger partial charge < -0.3 is 19.3 Å². The Hall–Kier alpha value is -4.25. The van der Waals surface area contributed by atoms with Crippen LogP contribution in [0.15, 0.2) is 70.7 Å². The van der Waals surface area contributed by atoms with Gasteiger partial charge in [0.1, 0.15) is 18.0 Å². The number of phenolic OH excluding ortho intramolecular Hbond substituents is 1. The first-order valence-corrected chi connectivity index (χ1v) is 12.1. The molecule has 3 aromatic rings. The lowest BCUT2D eigenvalue weighted by Gasteiger charge is -2.25. The van der Waals surface area contributed by atoms with Crippen LogP contribution in [0.3, 0.4) is 0 Å². The Morgan fingerprint density at radius 1 is 0.972 bits per heavy atom. The number of aromatic hydroxyl groups is 1. The van der Waals surface area contributed by atoms with Crippen LogP contribution in [-0.2, 0) is 14.8 Å². The van der Waals surface area contributed by atoms with E-state index in [0.29, 0.717) is 11.3 Å². The molecule has 36 heavy (non-hydrogen) atoms. The van der Waals surface area contributed by atoms with Gasteiger partial charge >= 0.3 is 0 Å².